The van der Waals surface area contributed by atoms with Gasteiger partial charge in [-0.1, -0.05) is 18.2 Å². The third kappa shape index (κ3) is 6.66. The predicted molar refractivity (Wildman–Crippen MR) is 129 cm³/mol. The zero-order valence-corrected chi connectivity index (χ0v) is 20.0. The number of hydrogen-bond acceptors (Lipinski definition) is 6. The molecular weight excluding hydrogens is 488 g/mol. The Morgan fingerprint density at radius 1 is 1.00 bits per heavy atom. The average molecular weight is 511 g/mol. The Balaban J connectivity index is 1.57. The van der Waals surface area contributed by atoms with Crippen LogP contribution in [0, 0.1) is 13.8 Å². The fraction of sp³-hybridized carbons (Fsp3) is 0.160. The van der Waals surface area contributed by atoms with Gasteiger partial charge in [0.05, 0.1) is 18.9 Å². The molecule has 170 valence electrons. The maximum Gasteiger partial charge on any atom is 0.344 e. The van der Waals surface area contributed by atoms with Gasteiger partial charge in [-0.3, -0.25) is 4.79 Å². The summed E-state index contributed by atoms with van der Waals surface area (Å²) in [5, 5.41) is 3.94. The number of rotatable bonds is 8. The molecule has 0 aliphatic rings. The van der Waals surface area contributed by atoms with Crippen LogP contribution in [-0.4, -0.2) is 31.8 Å². The predicted octanol–water partition coefficient (Wildman–Crippen LogP) is 4.82. The lowest BCUT2D eigenvalue weighted by Gasteiger charge is -2.10. The summed E-state index contributed by atoms with van der Waals surface area (Å²) >= 11 is 3.33. The van der Waals surface area contributed by atoms with E-state index < -0.39 is 11.9 Å². The van der Waals surface area contributed by atoms with Crippen molar-refractivity contribution in [1.82, 2.24) is 5.43 Å². The van der Waals surface area contributed by atoms with Crippen LogP contribution in [0.1, 0.15) is 27.0 Å². The van der Waals surface area contributed by atoms with Crippen molar-refractivity contribution in [1.29, 1.82) is 0 Å². The Morgan fingerprint density at radius 2 is 1.79 bits per heavy atom. The molecule has 3 aromatic rings. The third-order valence-electron chi connectivity index (χ3n) is 4.74. The van der Waals surface area contributed by atoms with Crippen molar-refractivity contribution >= 4 is 34.0 Å². The maximum atomic E-state index is 12.4. The van der Waals surface area contributed by atoms with E-state index in [4.69, 9.17) is 14.2 Å². The molecule has 0 bridgehead atoms. The molecule has 0 saturated heterocycles. The number of methoxy groups -OCH3 is 1. The lowest BCUT2D eigenvalue weighted by Crippen LogP contribution is -2.24. The molecule has 0 unspecified atom stereocenters. The van der Waals surface area contributed by atoms with Crippen LogP contribution in [0.4, 0.5) is 0 Å². The minimum Gasteiger partial charge on any atom is -0.493 e. The number of esters is 1. The second-order valence-electron chi connectivity index (χ2n) is 7.11. The summed E-state index contributed by atoms with van der Waals surface area (Å²) in [7, 11) is 1.47. The van der Waals surface area contributed by atoms with Crippen LogP contribution in [0.15, 0.2) is 70.2 Å². The summed E-state index contributed by atoms with van der Waals surface area (Å²) < 4.78 is 16.9. The lowest BCUT2D eigenvalue weighted by molar-refractivity contribution is -0.123. The second-order valence-corrected chi connectivity index (χ2v) is 7.96. The molecule has 0 heterocycles. The van der Waals surface area contributed by atoms with Gasteiger partial charge in [0.25, 0.3) is 5.91 Å². The molecule has 0 saturated carbocycles. The molecule has 0 atom stereocenters. The van der Waals surface area contributed by atoms with Gasteiger partial charge in [-0.05, 0) is 88.9 Å². The second kappa shape index (κ2) is 11.3. The number of carbonyl (C=O) groups excluding carboxylic acids is 2. The highest BCUT2D eigenvalue weighted by atomic mass is 79.9. The fourth-order valence-electron chi connectivity index (χ4n) is 2.79. The third-order valence-corrected chi connectivity index (χ3v) is 5.43. The van der Waals surface area contributed by atoms with Gasteiger partial charge in [0.15, 0.2) is 18.1 Å². The minimum absolute atomic E-state index is 0.160. The molecule has 7 nitrogen and oxygen atoms in total. The monoisotopic (exact) mass is 510 g/mol. The van der Waals surface area contributed by atoms with Gasteiger partial charge in [-0.2, -0.15) is 5.10 Å². The highest BCUT2D eigenvalue weighted by Gasteiger charge is 2.15. The quantitative estimate of drug-likeness (QED) is 0.203. The van der Waals surface area contributed by atoms with Crippen molar-refractivity contribution in [3.05, 3.63) is 87.4 Å². The first-order valence-corrected chi connectivity index (χ1v) is 10.8. The van der Waals surface area contributed by atoms with E-state index in [-0.39, 0.29) is 12.4 Å². The van der Waals surface area contributed by atoms with Crippen LogP contribution >= 0.6 is 15.9 Å². The van der Waals surface area contributed by atoms with E-state index in [1.54, 1.807) is 36.4 Å². The van der Waals surface area contributed by atoms with E-state index >= 15 is 0 Å². The van der Waals surface area contributed by atoms with Crippen molar-refractivity contribution in [2.45, 2.75) is 13.8 Å². The Hall–Kier alpha value is -3.65. The fourth-order valence-corrected chi connectivity index (χ4v) is 3.24. The first kappa shape index (κ1) is 24.0. The Labute approximate surface area is 200 Å². The van der Waals surface area contributed by atoms with Crippen LogP contribution in [0.3, 0.4) is 0 Å². The molecule has 0 aliphatic carbocycles. The first-order valence-electron chi connectivity index (χ1n) is 10.0. The smallest absolute Gasteiger partial charge is 0.344 e. The first-order chi connectivity index (χ1) is 15.9. The molecule has 8 heteroatoms. The number of amides is 1. The molecule has 0 aliphatic heterocycles. The summed E-state index contributed by atoms with van der Waals surface area (Å²) in [5.74, 6) is 0.327. The zero-order chi connectivity index (χ0) is 23.8. The van der Waals surface area contributed by atoms with Crippen LogP contribution in [0.5, 0.6) is 17.2 Å². The van der Waals surface area contributed by atoms with Gasteiger partial charge >= 0.3 is 5.97 Å². The standard InChI is InChI=1S/C25H23BrN2O5/c1-16-8-10-19(12-17(16)2)32-15-24(29)28-27-14-18-9-11-22(23(13-18)31-3)33-25(30)20-6-4-5-7-21(20)26/h4-14H,15H2,1-3H3,(H,28,29)/b27-14-. The van der Waals surface area contributed by atoms with Crippen molar-refractivity contribution < 1.29 is 23.8 Å². The van der Waals surface area contributed by atoms with Crippen LogP contribution in [-0.2, 0) is 4.79 Å². The molecule has 0 aromatic heterocycles. The van der Waals surface area contributed by atoms with Crippen molar-refractivity contribution in [3.63, 3.8) is 0 Å². The van der Waals surface area contributed by atoms with E-state index in [0.717, 1.165) is 11.1 Å². The van der Waals surface area contributed by atoms with E-state index in [9.17, 15) is 9.59 Å². The normalized spacial score (nSPS) is 10.7. The highest BCUT2D eigenvalue weighted by molar-refractivity contribution is 9.10. The van der Waals surface area contributed by atoms with Gasteiger partial charge in [0, 0.05) is 4.47 Å². The number of benzene rings is 3. The van der Waals surface area contributed by atoms with Gasteiger partial charge < -0.3 is 14.2 Å². The molecule has 0 fully saturated rings. The zero-order valence-electron chi connectivity index (χ0n) is 18.4. The van der Waals surface area contributed by atoms with Crippen molar-refractivity contribution in [3.8, 4) is 17.2 Å². The lowest BCUT2D eigenvalue weighted by atomic mass is 10.1. The number of ether oxygens (including phenoxy) is 3. The molecule has 0 radical (unpaired) electrons. The Morgan fingerprint density at radius 3 is 2.52 bits per heavy atom. The highest BCUT2D eigenvalue weighted by Crippen LogP contribution is 2.29. The molecular formula is C25H23BrN2O5. The Kier molecular flexibility index (Phi) is 8.21. The number of aryl methyl sites for hydroxylation is 2. The van der Waals surface area contributed by atoms with Crippen LogP contribution in [0.2, 0.25) is 0 Å². The molecule has 3 aromatic carbocycles. The molecule has 3 rings (SSSR count). The Bertz CT molecular complexity index is 1190. The maximum absolute atomic E-state index is 12.4. The van der Waals surface area contributed by atoms with Gasteiger partial charge in [0.2, 0.25) is 0 Å². The summed E-state index contributed by atoms with van der Waals surface area (Å²) in [6.07, 6.45) is 1.45. The largest absolute Gasteiger partial charge is 0.493 e. The minimum atomic E-state index is -0.516. The van der Waals surface area contributed by atoms with Gasteiger partial charge in [0.1, 0.15) is 5.75 Å². The number of carbonyl (C=O) groups is 2. The van der Waals surface area contributed by atoms with Gasteiger partial charge in [-0.15, -0.1) is 0 Å². The number of nitrogens with one attached hydrogen (secondary N) is 1. The van der Waals surface area contributed by atoms with Gasteiger partial charge in [-0.25, -0.2) is 10.2 Å². The molecule has 1 amide bonds. The molecule has 0 spiro atoms. The number of halogens is 1. The molecule has 1 N–H and O–H groups in total. The SMILES string of the molecule is COc1cc(/C=N\NC(=O)COc2ccc(C)c(C)c2)ccc1OC(=O)c1ccccc1Br. The summed E-state index contributed by atoms with van der Waals surface area (Å²) in [6, 6.07) is 17.5. The number of nitrogens with zero attached hydrogens (tertiary/aromatic N) is 1. The van der Waals surface area contributed by atoms with Crippen molar-refractivity contribution in [2.24, 2.45) is 5.10 Å². The number of hydrogen-bond donors (Lipinski definition) is 1. The van der Waals surface area contributed by atoms with E-state index in [2.05, 4.69) is 26.5 Å². The number of hydrazone groups is 1. The van der Waals surface area contributed by atoms with Crippen LogP contribution < -0.4 is 19.6 Å². The summed E-state index contributed by atoms with van der Waals surface area (Å²) in [6.45, 7) is 3.83. The average Bonchev–Trinajstić information content (AvgIpc) is 2.81. The summed E-state index contributed by atoms with van der Waals surface area (Å²) in [5.41, 5.74) is 5.70. The van der Waals surface area contributed by atoms with Crippen molar-refractivity contribution in [2.75, 3.05) is 13.7 Å². The molecule has 33 heavy (non-hydrogen) atoms. The topological polar surface area (TPSA) is 86.2 Å². The van der Waals surface area contributed by atoms with E-state index in [1.807, 2.05) is 38.1 Å². The van der Waals surface area contributed by atoms with Crippen LogP contribution in [0.25, 0.3) is 0 Å². The summed E-state index contributed by atoms with van der Waals surface area (Å²) in [4.78, 5) is 24.4. The van der Waals surface area contributed by atoms with E-state index in [1.165, 1.54) is 13.3 Å². The van der Waals surface area contributed by atoms with E-state index in [0.29, 0.717) is 27.1 Å².